The highest BCUT2D eigenvalue weighted by molar-refractivity contribution is 5.77. The number of aryl methyl sites for hydroxylation is 2. The Morgan fingerprint density at radius 2 is 2.00 bits per heavy atom. The number of carbonyl (C=O) groups is 2. The van der Waals surface area contributed by atoms with Gasteiger partial charge >= 0.3 is 5.97 Å². The van der Waals surface area contributed by atoms with Gasteiger partial charge < -0.3 is 9.64 Å². The second-order valence-electron chi connectivity index (χ2n) is 4.79. The lowest BCUT2D eigenvalue weighted by molar-refractivity contribution is -0.141. The zero-order valence-corrected chi connectivity index (χ0v) is 12.5. The maximum atomic E-state index is 12.1. The topological polar surface area (TPSA) is 46.6 Å². The van der Waals surface area contributed by atoms with Gasteiger partial charge in [0, 0.05) is 19.5 Å². The van der Waals surface area contributed by atoms with Crippen molar-refractivity contribution in [2.75, 3.05) is 20.2 Å². The molecule has 1 rings (SSSR count). The summed E-state index contributed by atoms with van der Waals surface area (Å²) in [5, 5.41) is 0. The Balaban J connectivity index is 2.45. The number of hydrogen-bond acceptors (Lipinski definition) is 3. The lowest BCUT2D eigenvalue weighted by Crippen LogP contribution is -2.33. The highest BCUT2D eigenvalue weighted by Crippen LogP contribution is 2.08. The molecule has 0 aliphatic rings. The van der Waals surface area contributed by atoms with E-state index in [4.69, 9.17) is 0 Å². The van der Waals surface area contributed by atoms with Gasteiger partial charge in [0.05, 0.1) is 13.5 Å². The lowest BCUT2D eigenvalue weighted by Gasteiger charge is -2.20. The van der Waals surface area contributed by atoms with E-state index in [0.717, 1.165) is 6.42 Å². The molecule has 0 saturated heterocycles. The van der Waals surface area contributed by atoms with Crippen LogP contribution in [-0.2, 0) is 20.7 Å². The van der Waals surface area contributed by atoms with Crippen LogP contribution in [0.15, 0.2) is 24.3 Å². The van der Waals surface area contributed by atoms with Crippen molar-refractivity contribution in [2.24, 2.45) is 0 Å². The average Bonchev–Trinajstić information content (AvgIpc) is 2.45. The van der Waals surface area contributed by atoms with Gasteiger partial charge in [-0.3, -0.25) is 9.59 Å². The van der Waals surface area contributed by atoms with Crippen molar-refractivity contribution in [2.45, 2.75) is 33.1 Å². The highest BCUT2D eigenvalue weighted by Gasteiger charge is 2.13. The van der Waals surface area contributed by atoms with E-state index in [1.54, 1.807) is 4.90 Å². The Morgan fingerprint density at radius 1 is 1.25 bits per heavy atom. The van der Waals surface area contributed by atoms with Crippen LogP contribution in [0.3, 0.4) is 0 Å². The van der Waals surface area contributed by atoms with Gasteiger partial charge in [-0.1, -0.05) is 29.8 Å². The quantitative estimate of drug-likeness (QED) is 0.719. The fourth-order valence-corrected chi connectivity index (χ4v) is 2.06. The molecule has 0 radical (unpaired) electrons. The molecule has 20 heavy (non-hydrogen) atoms. The number of hydrogen-bond donors (Lipinski definition) is 0. The van der Waals surface area contributed by atoms with Gasteiger partial charge in [0.25, 0.3) is 0 Å². The number of nitrogens with zero attached hydrogens (tertiary/aromatic N) is 1. The molecule has 0 saturated carbocycles. The van der Waals surface area contributed by atoms with Crippen LogP contribution in [0, 0.1) is 6.92 Å². The van der Waals surface area contributed by atoms with Crippen molar-refractivity contribution in [3.8, 4) is 0 Å². The first kappa shape index (κ1) is 16.2. The molecule has 1 aromatic carbocycles. The molecule has 0 unspecified atom stereocenters. The third-order valence-corrected chi connectivity index (χ3v) is 3.26. The number of ether oxygens (including phenoxy) is 1. The van der Waals surface area contributed by atoms with Crippen molar-refractivity contribution >= 4 is 11.9 Å². The Hall–Kier alpha value is -1.84. The second-order valence-corrected chi connectivity index (χ2v) is 4.79. The molecule has 4 nitrogen and oxygen atoms in total. The van der Waals surface area contributed by atoms with Crippen LogP contribution in [-0.4, -0.2) is 37.0 Å². The summed E-state index contributed by atoms with van der Waals surface area (Å²) in [6, 6.07) is 8.17. The Bertz CT molecular complexity index is 457. The first-order valence-corrected chi connectivity index (χ1v) is 6.97. The van der Waals surface area contributed by atoms with Gasteiger partial charge in [0.2, 0.25) is 5.91 Å². The van der Waals surface area contributed by atoms with E-state index in [-0.39, 0.29) is 18.3 Å². The van der Waals surface area contributed by atoms with E-state index in [0.29, 0.717) is 19.5 Å². The molecule has 0 bridgehead atoms. The van der Waals surface area contributed by atoms with E-state index in [9.17, 15) is 9.59 Å². The zero-order chi connectivity index (χ0) is 15.0. The molecule has 0 spiro atoms. The molecular weight excluding hydrogens is 254 g/mol. The van der Waals surface area contributed by atoms with Crippen LogP contribution in [0.2, 0.25) is 0 Å². The SMILES string of the molecule is CCN(CCC(=O)OC)C(=O)CCc1cccc(C)c1. The number of rotatable bonds is 7. The largest absolute Gasteiger partial charge is 0.469 e. The van der Waals surface area contributed by atoms with Crippen molar-refractivity contribution in [3.05, 3.63) is 35.4 Å². The summed E-state index contributed by atoms with van der Waals surface area (Å²) in [5.41, 5.74) is 2.37. The minimum Gasteiger partial charge on any atom is -0.469 e. The second kappa shape index (κ2) is 8.35. The van der Waals surface area contributed by atoms with Gasteiger partial charge in [-0.2, -0.15) is 0 Å². The van der Waals surface area contributed by atoms with Crippen LogP contribution in [0.5, 0.6) is 0 Å². The number of carbonyl (C=O) groups excluding carboxylic acids is 2. The maximum Gasteiger partial charge on any atom is 0.307 e. The lowest BCUT2D eigenvalue weighted by atomic mass is 10.1. The fraction of sp³-hybridized carbons (Fsp3) is 0.500. The van der Waals surface area contributed by atoms with E-state index in [1.807, 2.05) is 32.0 Å². The van der Waals surface area contributed by atoms with E-state index < -0.39 is 0 Å². The molecule has 0 heterocycles. The number of methoxy groups -OCH3 is 1. The minimum atomic E-state index is -0.282. The first-order chi connectivity index (χ1) is 9.56. The average molecular weight is 277 g/mol. The number of benzene rings is 1. The monoisotopic (exact) mass is 277 g/mol. The number of esters is 1. The van der Waals surface area contributed by atoms with Crippen molar-refractivity contribution in [1.82, 2.24) is 4.90 Å². The number of amides is 1. The molecular formula is C16H23NO3. The normalized spacial score (nSPS) is 10.2. The van der Waals surface area contributed by atoms with Crippen molar-refractivity contribution < 1.29 is 14.3 Å². The molecule has 4 heteroatoms. The van der Waals surface area contributed by atoms with Gasteiger partial charge in [0.1, 0.15) is 0 Å². The summed E-state index contributed by atoms with van der Waals surface area (Å²) in [6.07, 6.45) is 1.45. The maximum absolute atomic E-state index is 12.1. The molecule has 0 aliphatic heterocycles. The predicted octanol–water partition coefficient (Wildman–Crippen LogP) is 2.34. The Morgan fingerprint density at radius 3 is 2.60 bits per heavy atom. The Kier molecular flexibility index (Phi) is 6.77. The molecule has 1 aromatic rings. The van der Waals surface area contributed by atoms with Gasteiger partial charge in [-0.05, 0) is 25.8 Å². The molecule has 1 amide bonds. The zero-order valence-electron chi connectivity index (χ0n) is 12.5. The molecule has 0 aliphatic carbocycles. The smallest absolute Gasteiger partial charge is 0.307 e. The minimum absolute atomic E-state index is 0.0814. The third kappa shape index (κ3) is 5.43. The first-order valence-electron chi connectivity index (χ1n) is 6.97. The molecule has 0 aromatic heterocycles. The van der Waals surface area contributed by atoms with E-state index >= 15 is 0 Å². The van der Waals surface area contributed by atoms with Crippen molar-refractivity contribution in [3.63, 3.8) is 0 Å². The summed E-state index contributed by atoms with van der Waals surface area (Å²) < 4.78 is 4.59. The van der Waals surface area contributed by atoms with Crippen LogP contribution in [0.4, 0.5) is 0 Å². The van der Waals surface area contributed by atoms with Gasteiger partial charge in [-0.15, -0.1) is 0 Å². The standard InChI is InChI=1S/C16H23NO3/c1-4-17(11-10-16(19)20-3)15(18)9-8-14-7-5-6-13(2)12-14/h5-7,12H,4,8-11H2,1-3H3. The summed E-state index contributed by atoms with van der Waals surface area (Å²) in [4.78, 5) is 24.9. The van der Waals surface area contributed by atoms with E-state index in [1.165, 1.54) is 18.2 Å². The van der Waals surface area contributed by atoms with Crippen molar-refractivity contribution in [1.29, 1.82) is 0 Å². The molecule has 110 valence electrons. The highest BCUT2D eigenvalue weighted by atomic mass is 16.5. The third-order valence-electron chi connectivity index (χ3n) is 3.26. The predicted molar refractivity (Wildman–Crippen MR) is 78.4 cm³/mol. The summed E-state index contributed by atoms with van der Waals surface area (Å²) in [6.45, 7) is 5.00. The molecule has 0 fully saturated rings. The molecule has 0 N–H and O–H groups in total. The van der Waals surface area contributed by atoms with Crippen LogP contribution >= 0.6 is 0 Å². The summed E-state index contributed by atoms with van der Waals surface area (Å²) in [7, 11) is 1.36. The summed E-state index contributed by atoms with van der Waals surface area (Å²) in [5.74, 6) is -0.201. The van der Waals surface area contributed by atoms with Gasteiger partial charge in [-0.25, -0.2) is 0 Å². The van der Waals surface area contributed by atoms with Crippen LogP contribution in [0.1, 0.15) is 30.9 Å². The van der Waals surface area contributed by atoms with E-state index in [2.05, 4.69) is 10.8 Å². The summed E-state index contributed by atoms with van der Waals surface area (Å²) >= 11 is 0. The Labute approximate surface area is 120 Å². The fourth-order valence-electron chi connectivity index (χ4n) is 2.06. The van der Waals surface area contributed by atoms with Crippen LogP contribution < -0.4 is 0 Å². The van der Waals surface area contributed by atoms with Gasteiger partial charge in [0.15, 0.2) is 0 Å². The molecule has 0 atom stereocenters. The van der Waals surface area contributed by atoms with Crippen LogP contribution in [0.25, 0.3) is 0 Å².